The van der Waals surface area contributed by atoms with Gasteiger partial charge in [0.15, 0.2) is 0 Å². The van der Waals surface area contributed by atoms with Gasteiger partial charge in [-0.1, -0.05) is 183 Å². The first-order valence-electron chi connectivity index (χ1n) is 22.0. The summed E-state index contributed by atoms with van der Waals surface area (Å²) in [6.45, 7) is 5.20. The van der Waals surface area contributed by atoms with Crippen molar-refractivity contribution in [3.63, 3.8) is 0 Å². The molecule has 0 aliphatic rings. The van der Waals surface area contributed by atoms with Gasteiger partial charge < -0.3 is 14.6 Å². The molecule has 0 rings (SSSR count). The van der Waals surface area contributed by atoms with Crippen molar-refractivity contribution in [3.8, 4) is 0 Å². The third-order valence-electron chi connectivity index (χ3n) is 9.27. The van der Waals surface area contributed by atoms with E-state index in [2.05, 4.69) is 86.8 Å². The van der Waals surface area contributed by atoms with E-state index in [1.807, 2.05) is 0 Å². The number of ether oxygens (including phenoxy) is 2. The van der Waals surface area contributed by atoms with Crippen LogP contribution >= 0.6 is 0 Å². The molecule has 0 aromatic rings. The summed E-state index contributed by atoms with van der Waals surface area (Å²) in [7, 11) is 0. The first kappa shape index (κ1) is 49.8. The monoisotopic (exact) mass is 725 g/mol. The molecule has 1 atom stereocenters. The predicted molar refractivity (Wildman–Crippen MR) is 228 cm³/mol. The molecule has 4 nitrogen and oxygen atoms in total. The van der Waals surface area contributed by atoms with Gasteiger partial charge in [-0.3, -0.25) is 4.79 Å². The zero-order chi connectivity index (χ0) is 37.7. The lowest BCUT2D eigenvalue weighted by atomic mass is 10.1. The maximum absolute atomic E-state index is 12.2. The molecule has 0 amide bonds. The van der Waals surface area contributed by atoms with Crippen LogP contribution in [-0.2, 0) is 14.3 Å². The molecule has 1 unspecified atom stereocenters. The number of unbranched alkanes of at least 4 members (excludes halogenated alkanes) is 20. The molecule has 0 saturated carbocycles. The molecular formula is C48H84O4. The Morgan fingerprint density at radius 1 is 0.481 bits per heavy atom. The number of esters is 1. The first-order chi connectivity index (χ1) is 25.7. The zero-order valence-corrected chi connectivity index (χ0v) is 34.3. The van der Waals surface area contributed by atoms with Crippen LogP contribution in [0.1, 0.15) is 200 Å². The van der Waals surface area contributed by atoms with E-state index in [0.717, 1.165) is 57.8 Å². The van der Waals surface area contributed by atoms with E-state index in [-0.39, 0.29) is 19.2 Å². The summed E-state index contributed by atoms with van der Waals surface area (Å²) < 4.78 is 11.2. The Labute approximate surface area is 323 Å². The number of aliphatic hydroxyl groups excluding tert-OH is 1. The number of allylic oxidation sites excluding steroid dienone is 12. The van der Waals surface area contributed by atoms with E-state index in [9.17, 15) is 9.90 Å². The van der Waals surface area contributed by atoms with E-state index in [0.29, 0.717) is 13.0 Å². The fraction of sp³-hybridized carbons (Fsp3) is 0.729. The third kappa shape index (κ3) is 42.2. The first-order valence-corrected chi connectivity index (χ1v) is 22.0. The quantitative estimate of drug-likeness (QED) is 0.0388. The van der Waals surface area contributed by atoms with Crippen molar-refractivity contribution >= 4 is 5.97 Å². The van der Waals surface area contributed by atoms with Crippen molar-refractivity contribution in [2.45, 2.75) is 206 Å². The Balaban J connectivity index is 3.48. The summed E-state index contributed by atoms with van der Waals surface area (Å²) in [5, 5.41) is 9.61. The van der Waals surface area contributed by atoms with E-state index < -0.39 is 6.10 Å². The minimum atomic E-state index is -0.546. The maximum Gasteiger partial charge on any atom is 0.306 e. The van der Waals surface area contributed by atoms with Crippen LogP contribution in [0.15, 0.2) is 72.9 Å². The van der Waals surface area contributed by atoms with E-state index in [4.69, 9.17) is 9.47 Å². The number of aliphatic hydroxyl groups is 1. The molecular weight excluding hydrogens is 641 g/mol. The van der Waals surface area contributed by atoms with Crippen LogP contribution in [0.4, 0.5) is 0 Å². The number of hydrogen-bond acceptors (Lipinski definition) is 4. The fourth-order valence-electron chi connectivity index (χ4n) is 6.00. The van der Waals surface area contributed by atoms with Gasteiger partial charge in [-0.25, -0.2) is 0 Å². The molecule has 0 aliphatic carbocycles. The number of rotatable bonds is 40. The molecule has 4 heteroatoms. The summed E-state index contributed by atoms with van der Waals surface area (Å²) in [5.74, 6) is -0.214. The summed E-state index contributed by atoms with van der Waals surface area (Å²) in [5.41, 5.74) is 0. The highest BCUT2D eigenvalue weighted by molar-refractivity contribution is 5.69. The van der Waals surface area contributed by atoms with Crippen LogP contribution in [0, 0.1) is 0 Å². The van der Waals surface area contributed by atoms with Crippen LogP contribution in [0.5, 0.6) is 0 Å². The van der Waals surface area contributed by atoms with Crippen molar-refractivity contribution in [2.24, 2.45) is 0 Å². The van der Waals surface area contributed by atoms with E-state index in [1.54, 1.807) is 0 Å². The van der Waals surface area contributed by atoms with Gasteiger partial charge in [-0.2, -0.15) is 0 Å². The molecule has 0 bridgehead atoms. The average Bonchev–Trinajstić information content (AvgIpc) is 3.15. The lowest BCUT2D eigenvalue weighted by molar-refractivity contribution is -0.154. The molecule has 1 N–H and O–H groups in total. The number of carbonyl (C=O) groups excluding carboxylic acids is 1. The smallest absolute Gasteiger partial charge is 0.306 e. The van der Waals surface area contributed by atoms with Gasteiger partial charge in [0.1, 0.15) is 6.10 Å². The topological polar surface area (TPSA) is 55.8 Å². The highest BCUT2D eigenvalue weighted by Crippen LogP contribution is 2.13. The second-order valence-corrected chi connectivity index (χ2v) is 14.4. The van der Waals surface area contributed by atoms with Gasteiger partial charge in [-0.15, -0.1) is 0 Å². The molecule has 300 valence electrons. The van der Waals surface area contributed by atoms with Crippen molar-refractivity contribution in [3.05, 3.63) is 72.9 Å². The second-order valence-electron chi connectivity index (χ2n) is 14.4. The Kier molecular flexibility index (Phi) is 43.1. The van der Waals surface area contributed by atoms with Crippen LogP contribution in [0.25, 0.3) is 0 Å². The Bertz CT molecular complexity index is 896. The lowest BCUT2D eigenvalue weighted by Crippen LogP contribution is -2.27. The van der Waals surface area contributed by atoms with Crippen molar-refractivity contribution in [2.75, 3.05) is 19.8 Å². The molecule has 0 aliphatic heterocycles. The van der Waals surface area contributed by atoms with Crippen LogP contribution in [-0.4, -0.2) is 37.0 Å². The molecule has 0 saturated heterocycles. The Hall–Kier alpha value is -2.17. The SMILES string of the molecule is CC/C=C\C/C=C\C/C=C\C/C=C\C/C=C\CCCCCCCCCCOCC(CO)OC(=O)CCCCCCC/C=C\CCCCCCCCC. The molecule has 0 spiro atoms. The Morgan fingerprint density at radius 2 is 0.865 bits per heavy atom. The lowest BCUT2D eigenvalue weighted by Gasteiger charge is -2.15. The predicted octanol–water partition coefficient (Wildman–Crippen LogP) is 14.6. The molecule has 52 heavy (non-hydrogen) atoms. The second kappa shape index (κ2) is 45.0. The molecule has 0 fully saturated rings. The zero-order valence-electron chi connectivity index (χ0n) is 34.3. The maximum atomic E-state index is 12.2. The normalized spacial score (nSPS) is 13.1. The minimum Gasteiger partial charge on any atom is -0.457 e. The summed E-state index contributed by atoms with van der Waals surface area (Å²) in [4.78, 5) is 12.2. The third-order valence-corrected chi connectivity index (χ3v) is 9.27. The van der Waals surface area contributed by atoms with Crippen molar-refractivity contribution < 1.29 is 19.4 Å². The molecule has 0 aromatic heterocycles. The van der Waals surface area contributed by atoms with Gasteiger partial charge in [0.05, 0.1) is 13.2 Å². The molecule has 0 heterocycles. The standard InChI is InChI=1S/C48H84O4/c1-3-5-7-9-11-13-15-17-19-21-22-23-24-25-26-27-28-30-32-34-36-38-40-42-44-51-46-47(45-49)52-48(50)43-41-39-37-35-33-31-29-20-18-16-14-12-10-8-6-4-2/h5,7,11,13,17,19-20,22-23,25-26,29,47,49H,3-4,6,8-10,12,14-16,18,21,24,27-28,30-46H2,1-2H3/b7-5-,13-11-,19-17-,23-22-,26-25-,29-20-. The van der Waals surface area contributed by atoms with Crippen molar-refractivity contribution in [1.82, 2.24) is 0 Å². The fourth-order valence-corrected chi connectivity index (χ4v) is 6.00. The largest absolute Gasteiger partial charge is 0.457 e. The molecule has 0 radical (unpaired) electrons. The van der Waals surface area contributed by atoms with Gasteiger partial charge >= 0.3 is 5.97 Å². The van der Waals surface area contributed by atoms with Gasteiger partial charge in [0.25, 0.3) is 0 Å². The van der Waals surface area contributed by atoms with Crippen molar-refractivity contribution in [1.29, 1.82) is 0 Å². The summed E-state index contributed by atoms with van der Waals surface area (Å²) in [6.07, 6.45) is 61.0. The van der Waals surface area contributed by atoms with E-state index in [1.165, 1.54) is 122 Å². The number of carbonyl (C=O) groups is 1. The highest BCUT2D eigenvalue weighted by atomic mass is 16.6. The summed E-state index contributed by atoms with van der Waals surface area (Å²) in [6, 6.07) is 0. The van der Waals surface area contributed by atoms with Crippen LogP contribution < -0.4 is 0 Å². The van der Waals surface area contributed by atoms with E-state index >= 15 is 0 Å². The summed E-state index contributed by atoms with van der Waals surface area (Å²) >= 11 is 0. The molecule has 0 aromatic carbocycles. The Morgan fingerprint density at radius 3 is 1.33 bits per heavy atom. The highest BCUT2D eigenvalue weighted by Gasteiger charge is 2.13. The van der Waals surface area contributed by atoms with Gasteiger partial charge in [0, 0.05) is 13.0 Å². The van der Waals surface area contributed by atoms with Gasteiger partial charge in [-0.05, 0) is 83.5 Å². The number of hydrogen-bond donors (Lipinski definition) is 1. The van der Waals surface area contributed by atoms with Crippen LogP contribution in [0.3, 0.4) is 0 Å². The van der Waals surface area contributed by atoms with Crippen LogP contribution in [0.2, 0.25) is 0 Å². The minimum absolute atomic E-state index is 0.181. The average molecular weight is 725 g/mol. The van der Waals surface area contributed by atoms with Gasteiger partial charge in [0.2, 0.25) is 0 Å².